The highest BCUT2D eigenvalue weighted by Gasteiger charge is 2.08. The van der Waals surface area contributed by atoms with Gasteiger partial charge in [-0.25, -0.2) is 0 Å². The highest BCUT2D eigenvalue weighted by Crippen LogP contribution is 2.27. The quantitative estimate of drug-likeness (QED) is 0.676. The van der Waals surface area contributed by atoms with E-state index >= 15 is 0 Å². The van der Waals surface area contributed by atoms with Gasteiger partial charge in [0.1, 0.15) is 0 Å². The smallest absolute Gasteiger partial charge is 0.0435 e. The predicted molar refractivity (Wildman–Crippen MR) is 82.5 cm³/mol. The molecule has 0 radical (unpaired) electrons. The van der Waals surface area contributed by atoms with Crippen LogP contribution in [-0.4, -0.2) is 0 Å². The van der Waals surface area contributed by atoms with Crippen LogP contribution in [0.5, 0.6) is 0 Å². The zero-order valence-corrected chi connectivity index (χ0v) is 12.8. The van der Waals surface area contributed by atoms with Crippen molar-refractivity contribution in [2.75, 3.05) is 0 Å². The molecule has 1 heteroatoms. The highest BCUT2D eigenvalue weighted by atomic mass is 79.9. The van der Waals surface area contributed by atoms with Gasteiger partial charge < -0.3 is 0 Å². The molecule has 0 aliphatic heterocycles. The van der Waals surface area contributed by atoms with Crippen molar-refractivity contribution in [2.24, 2.45) is 0 Å². The maximum atomic E-state index is 3.79. The zero-order valence-electron chi connectivity index (χ0n) is 11.2. The van der Waals surface area contributed by atoms with Gasteiger partial charge in [0.15, 0.2) is 0 Å². The van der Waals surface area contributed by atoms with Crippen LogP contribution < -0.4 is 0 Å². The van der Waals surface area contributed by atoms with Crippen molar-refractivity contribution in [1.29, 1.82) is 0 Å². The number of halogens is 1. The van der Waals surface area contributed by atoms with Crippen molar-refractivity contribution in [3.8, 4) is 0 Å². The molecule has 18 heavy (non-hydrogen) atoms. The van der Waals surface area contributed by atoms with Crippen molar-refractivity contribution in [1.82, 2.24) is 0 Å². The molecule has 2 aromatic rings. The van der Waals surface area contributed by atoms with Gasteiger partial charge in [-0.1, -0.05) is 64.0 Å². The fraction of sp³-hybridized carbons (Fsp3) is 0.294. The fourth-order valence-electron chi connectivity index (χ4n) is 2.03. The third-order valence-electron chi connectivity index (χ3n) is 3.43. The number of hydrogen-bond donors (Lipinski definition) is 0. The van der Waals surface area contributed by atoms with Gasteiger partial charge in [0.2, 0.25) is 0 Å². The zero-order chi connectivity index (χ0) is 13.1. The molecule has 1 unspecified atom stereocenters. The maximum Gasteiger partial charge on any atom is 0.0435 e. The number of benzene rings is 2. The van der Waals surface area contributed by atoms with Crippen LogP contribution in [0.15, 0.2) is 42.5 Å². The summed E-state index contributed by atoms with van der Waals surface area (Å²) in [4.78, 5) is 0.389. The molecule has 0 fully saturated rings. The summed E-state index contributed by atoms with van der Waals surface area (Å²) in [5.74, 6) is 0. The average Bonchev–Trinajstić information content (AvgIpc) is 2.34. The Balaban J connectivity index is 2.13. The van der Waals surface area contributed by atoms with Gasteiger partial charge in [-0.15, -0.1) is 0 Å². The molecule has 0 N–H and O–H groups in total. The normalized spacial score (nSPS) is 12.4. The van der Waals surface area contributed by atoms with E-state index in [-0.39, 0.29) is 0 Å². The van der Waals surface area contributed by atoms with E-state index < -0.39 is 0 Å². The SMILES string of the molecule is Cc1ccc(C(Br)Cc2ccc(C)c(C)c2)cc1. The molecule has 0 aromatic heterocycles. The lowest BCUT2D eigenvalue weighted by atomic mass is 10.00. The van der Waals surface area contributed by atoms with Crippen LogP contribution in [0, 0.1) is 20.8 Å². The van der Waals surface area contributed by atoms with Gasteiger partial charge in [-0.05, 0) is 49.4 Å². The molecule has 0 nitrogen and oxygen atoms in total. The van der Waals surface area contributed by atoms with Gasteiger partial charge in [0, 0.05) is 4.83 Å². The molecule has 0 aliphatic carbocycles. The average molecular weight is 303 g/mol. The number of hydrogen-bond acceptors (Lipinski definition) is 0. The second-order valence-corrected chi connectivity index (χ2v) is 6.11. The fourth-order valence-corrected chi connectivity index (χ4v) is 2.71. The predicted octanol–water partition coefficient (Wildman–Crippen LogP) is 5.29. The molecule has 2 rings (SSSR count). The Kier molecular flexibility index (Phi) is 4.23. The van der Waals surface area contributed by atoms with Gasteiger partial charge >= 0.3 is 0 Å². The van der Waals surface area contributed by atoms with Crippen LogP contribution in [-0.2, 0) is 6.42 Å². The van der Waals surface area contributed by atoms with Crippen molar-refractivity contribution in [3.63, 3.8) is 0 Å². The van der Waals surface area contributed by atoms with Crippen molar-refractivity contribution < 1.29 is 0 Å². The summed E-state index contributed by atoms with van der Waals surface area (Å²) >= 11 is 3.79. The minimum absolute atomic E-state index is 0.389. The Morgan fingerprint density at radius 2 is 1.56 bits per heavy atom. The Hall–Kier alpha value is -1.08. The first kappa shape index (κ1) is 13.4. The molecule has 2 aromatic carbocycles. The lowest BCUT2D eigenvalue weighted by molar-refractivity contribution is 0.944. The summed E-state index contributed by atoms with van der Waals surface area (Å²) in [5.41, 5.74) is 6.78. The summed E-state index contributed by atoms with van der Waals surface area (Å²) < 4.78 is 0. The third kappa shape index (κ3) is 3.23. The first-order valence-corrected chi connectivity index (χ1v) is 7.24. The Bertz CT molecular complexity index is 526. The highest BCUT2D eigenvalue weighted by molar-refractivity contribution is 9.09. The molecule has 0 saturated carbocycles. The summed E-state index contributed by atoms with van der Waals surface area (Å²) in [6, 6.07) is 15.5. The summed E-state index contributed by atoms with van der Waals surface area (Å²) in [7, 11) is 0. The molecule has 1 atom stereocenters. The lowest BCUT2D eigenvalue weighted by Gasteiger charge is -2.12. The van der Waals surface area contributed by atoms with E-state index in [0.29, 0.717) is 4.83 Å². The number of alkyl halides is 1. The van der Waals surface area contributed by atoms with Crippen LogP contribution in [0.1, 0.15) is 32.6 Å². The van der Waals surface area contributed by atoms with Gasteiger partial charge in [-0.3, -0.25) is 0 Å². The molecule has 0 saturated heterocycles. The molecule has 94 valence electrons. The van der Waals surface area contributed by atoms with Gasteiger partial charge in [-0.2, -0.15) is 0 Å². The van der Waals surface area contributed by atoms with E-state index in [2.05, 4.69) is 79.2 Å². The Morgan fingerprint density at radius 3 is 2.17 bits per heavy atom. The minimum Gasteiger partial charge on any atom is -0.0835 e. The molecule has 0 aliphatic rings. The summed E-state index contributed by atoms with van der Waals surface area (Å²) in [5, 5.41) is 0. The third-order valence-corrected chi connectivity index (χ3v) is 4.28. The van der Waals surface area contributed by atoms with E-state index in [9.17, 15) is 0 Å². The summed E-state index contributed by atoms with van der Waals surface area (Å²) in [6.45, 7) is 6.45. The van der Waals surface area contributed by atoms with E-state index in [1.807, 2.05) is 0 Å². The maximum absolute atomic E-state index is 3.79. The van der Waals surface area contributed by atoms with Gasteiger partial charge in [0.25, 0.3) is 0 Å². The Morgan fingerprint density at radius 1 is 0.889 bits per heavy atom. The Labute approximate surface area is 118 Å². The molecule has 0 heterocycles. The van der Waals surface area contributed by atoms with E-state index in [4.69, 9.17) is 0 Å². The largest absolute Gasteiger partial charge is 0.0835 e. The van der Waals surface area contributed by atoms with Crippen LogP contribution in [0.3, 0.4) is 0 Å². The van der Waals surface area contributed by atoms with Crippen molar-refractivity contribution in [3.05, 3.63) is 70.3 Å². The van der Waals surface area contributed by atoms with E-state index in [0.717, 1.165) is 6.42 Å². The second-order valence-electron chi connectivity index (χ2n) is 5.00. The first-order valence-electron chi connectivity index (χ1n) is 6.33. The molecule has 0 bridgehead atoms. The molecular formula is C17H19Br. The first-order chi connectivity index (χ1) is 8.56. The summed E-state index contributed by atoms with van der Waals surface area (Å²) in [6.07, 6.45) is 1.03. The van der Waals surface area contributed by atoms with Crippen molar-refractivity contribution >= 4 is 15.9 Å². The lowest BCUT2D eigenvalue weighted by Crippen LogP contribution is -1.96. The number of aryl methyl sites for hydroxylation is 3. The standard InChI is InChI=1S/C17H19Br/c1-12-4-8-16(9-5-12)17(18)11-15-7-6-13(2)14(3)10-15/h4-10,17H,11H2,1-3H3. The van der Waals surface area contributed by atoms with E-state index in [1.165, 1.54) is 27.8 Å². The van der Waals surface area contributed by atoms with Crippen molar-refractivity contribution in [2.45, 2.75) is 32.0 Å². The molecular weight excluding hydrogens is 284 g/mol. The molecule has 0 spiro atoms. The van der Waals surface area contributed by atoms with Crippen LogP contribution in [0.25, 0.3) is 0 Å². The van der Waals surface area contributed by atoms with Gasteiger partial charge in [0.05, 0.1) is 0 Å². The second kappa shape index (κ2) is 5.71. The minimum atomic E-state index is 0.389. The van der Waals surface area contributed by atoms with Crippen LogP contribution >= 0.6 is 15.9 Å². The molecule has 0 amide bonds. The monoisotopic (exact) mass is 302 g/mol. The topological polar surface area (TPSA) is 0 Å². The van der Waals surface area contributed by atoms with Crippen LogP contribution in [0.2, 0.25) is 0 Å². The van der Waals surface area contributed by atoms with E-state index in [1.54, 1.807) is 0 Å². The van der Waals surface area contributed by atoms with Crippen LogP contribution in [0.4, 0.5) is 0 Å². The number of rotatable bonds is 3.